The van der Waals surface area contributed by atoms with Crippen molar-refractivity contribution in [2.45, 2.75) is 6.04 Å². The van der Waals surface area contributed by atoms with Gasteiger partial charge in [0.05, 0.1) is 6.04 Å². The van der Waals surface area contributed by atoms with Crippen LogP contribution < -0.4 is 29.6 Å². The van der Waals surface area contributed by atoms with Crippen molar-refractivity contribution < 1.29 is 53.0 Å². The number of fused-ring (bicyclic) bond motifs is 2. The Balaban J connectivity index is 0.00000112. The number of hydroxylamine groups is 2. The third-order valence-electron chi connectivity index (χ3n) is 2.03. The summed E-state index contributed by atoms with van der Waals surface area (Å²) in [5.41, 5.74) is 0. The summed E-state index contributed by atoms with van der Waals surface area (Å²) < 4.78 is 33.4. The smallest absolute Gasteiger partial charge is 0.317 e. The van der Waals surface area contributed by atoms with Crippen LogP contribution in [0, 0.1) is 0 Å². The summed E-state index contributed by atoms with van der Waals surface area (Å²) in [6.45, 7) is 0.811. The average Bonchev–Trinajstić information content (AvgIpc) is 2.28. The van der Waals surface area contributed by atoms with Crippen LogP contribution in [0.1, 0.15) is 1.43 Å². The number of carbonyl (C=O) groups excluding carboxylic acids is 1. The minimum Gasteiger partial charge on any atom is -0.317 e. The number of amides is 2. The first-order valence-electron chi connectivity index (χ1n) is 3.89. The number of rotatable bonds is 2. The number of urea groups is 1. The van der Waals surface area contributed by atoms with Crippen molar-refractivity contribution in [1.29, 1.82) is 0 Å². The Bertz CT molecular complexity index is 400. The average molecular weight is 244 g/mol. The van der Waals surface area contributed by atoms with E-state index in [4.69, 9.17) is 4.55 Å². The molecule has 7 nitrogen and oxygen atoms in total. The van der Waals surface area contributed by atoms with E-state index >= 15 is 0 Å². The predicted molar refractivity (Wildman–Crippen MR) is 45.5 cm³/mol. The minimum absolute atomic E-state index is 0. The van der Waals surface area contributed by atoms with Gasteiger partial charge in [-0.15, -0.1) is 4.28 Å². The molecular formula is C6H9N2NaO5S+2. The molecule has 0 aromatic heterocycles. The van der Waals surface area contributed by atoms with Gasteiger partial charge in [0.15, 0.2) is 0 Å². The van der Waals surface area contributed by atoms with Gasteiger partial charge in [-0.3, -0.25) is 4.55 Å². The van der Waals surface area contributed by atoms with Gasteiger partial charge in [0.1, 0.15) is 0 Å². The molecule has 0 spiro atoms. The molecule has 1 unspecified atom stereocenters. The van der Waals surface area contributed by atoms with Crippen molar-refractivity contribution in [2.24, 2.45) is 0 Å². The van der Waals surface area contributed by atoms with E-state index in [1.807, 2.05) is 0 Å². The molecule has 1 fully saturated rings. The minimum atomic E-state index is -4.63. The third kappa shape index (κ3) is 2.71. The molecule has 2 bridgehead atoms. The van der Waals surface area contributed by atoms with Gasteiger partial charge in [0.2, 0.25) is 0 Å². The fraction of sp³-hybridized carbons (Fsp3) is 0.500. The van der Waals surface area contributed by atoms with E-state index in [1.54, 1.807) is 12.2 Å². The largest absolute Gasteiger partial charge is 1.00 e. The molecule has 78 valence electrons. The van der Waals surface area contributed by atoms with Crippen LogP contribution in [0.3, 0.4) is 0 Å². The second-order valence-corrected chi connectivity index (χ2v) is 4.02. The molecule has 9 heteroatoms. The van der Waals surface area contributed by atoms with Crippen LogP contribution in [0.15, 0.2) is 12.2 Å². The van der Waals surface area contributed by atoms with Crippen LogP contribution in [0.25, 0.3) is 0 Å². The van der Waals surface area contributed by atoms with Gasteiger partial charge in [-0.2, -0.15) is 13.5 Å². The standard InChI is InChI=1S/C6H8N2O5S.Na/c9-6-7-3-1-2-5(4-7)8(6)13-14(10,11)12;/h1-2,5H,3-4H2,(H,10,11,12);/q;+1/p+1. The van der Waals surface area contributed by atoms with E-state index in [9.17, 15) is 13.2 Å². The molecule has 2 aliphatic heterocycles. The molecular weight excluding hydrogens is 235 g/mol. The van der Waals surface area contributed by atoms with Crippen molar-refractivity contribution in [3.63, 3.8) is 0 Å². The maximum absolute atomic E-state index is 11.4. The maximum Gasteiger partial charge on any atom is 1.00 e. The summed E-state index contributed by atoms with van der Waals surface area (Å²) in [4.78, 5) is 12.8. The molecule has 15 heavy (non-hydrogen) atoms. The van der Waals surface area contributed by atoms with Crippen LogP contribution in [0.5, 0.6) is 0 Å². The van der Waals surface area contributed by atoms with Crippen LogP contribution in [0.2, 0.25) is 0 Å². The molecule has 2 rings (SSSR count). The fourth-order valence-electron chi connectivity index (χ4n) is 1.48. The molecule has 0 radical (unpaired) electrons. The van der Waals surface area contributed by atoms with Crippen LogP contribution >= 0.6 is 0 Å². The van der Waals surface area contributed by atoms with Crippen molar-refractivity contribution in [1.82, 2.24) is 9.96 Å². The van der Waals surface area contributed by atoms with Crippen molar-refractivity contribution in [3.8, 4) is 0 Å². The Labute approximate surface area is 110 Å². The van der Waals surface area contributed by atoms with E-state index in [2.05, 4.69) is 4.28 Å². The van der Waals surface area contributed by atoms with Crippen LogP contribution in [-0.4, -0.2) is 48.1 Å². The van der Waals surface area contributed by atoms with E-state index in [1.165, 1.54) is 4.90 Å². The monoisotopic (exact) mass is 244 g/mol. The zero-order chi connectivity index (χ0) is 10.3. The molecule has 2 aliphatic rings. The topological polar surface area (TPSA) is 87.2 Å². The van der Waals surface area contributed by atoms with E-state index in [0.29, 0.717) is 18.2 Å². The molecule has 0 aromatic carbocycles. The molecule has 0 saturated carbocycles. The van der Waals surface area contributed by atoms with Gasteiger partial charge in [-0.05, 0) is 0 Å². The number of nitrogens with zero attached hydrogens (tertiary/aromatic N) is 2. The van der Waals surface area contributed by atoms with Crippen LogP contribution in [-0.2, 0) is 14.7 Å². The Kier molecular flexibility index (Phi) is 3.80. The Morgan fingerprint density at radius 2 is 2.27 bits per heavy atom. The first-order valence-corrected chi connectivity index (χ1v) is 5.26. The van der Waals surface area contributed by atoms with Gasteiger partial charge < -0.3 is 4.90 Å². The summed E-state index contributed by atoms with van der Waals surface area (Å²) in [7, 11) is -4.63. The zero-order valence-corrected chi connectivity index (χ0v) is 10.8. The van der Waals surface area contributed by atoms with Gasteiger partial charge in [-0.25, -0.2) is 4.79 Å². The SMILES string of the molecule is O=C1N2CC=CC(C2)N1OS(=O)(=O)O.[H+].[Na+]. The fourth-order valence-corrected chi connectivity index (χ4v) is 1.86. The Morgan fingerprint density at radius 1 is 1.60 bits per heavy atom. The second kappa shape index (κ2) is 4.40. The molecule has 2 amide bonds. The third-order valence-corrected chi connectivity index (χ3v) is 2.38. The second-order valence-electron chi connectivity index (χ2n) is 3.01. The Hall–Kier alpha value is -0.120. The molecule has 0 aromatic rings. The molecule has 1 atom stereocenters. The summed E-state index contributed by atoms with van der Waals surface area (Å²) in [5, 5.41) is 0.652. The zero-order valence-electron chi connectivity index (χ0n) is 9.03. The van der Waals surface area contributed by atoms with Gasteiger partial charge in [0, 0.05) is 13.1 Å². The summed E-state index contributed by atoms with van der Waals surface area (Å²) in [6, 6.07) is -1.00. The van der Waals surface area contributed by atoms with E-state index < -0.39 is 22.5 Å². The quantitative estimate of drug-likeness (QED) is 0.309. The maximum atomic E-state index is 11.4. The molecule has 1 saturated heterocycles. The molecule has 0 aliphatic carbocycles. The van der Waals surface area contributed by atoms with E-state index in [-0.39, 0.29) is 31.0 Å². The van der Waals surface area contributed by atoms with Crippen molar-refractivity contribution >= 4 is 16.4 Å². The number of hydrogen-bond donors (Lipinski definition) is 1. The van der Waals surface area contributed by atoms with Crippen LogP contribution in [0.4, 0.5) is 4.79 Å². The predicted octanol–water partition coefficient (Wildman–Crippen LogP) is -3.49. The van der Waals surface area contributed by atoms with E-state index in [0.717, 1.165) is 0 Å². The normalized spacial score (nSPS) is 24.3. The molecule has 2 heterocycles. The van der Waals surface area contributed by atoms with Gasteiger partial charge in [0.25, 0.3) is 0 Å². The van der Waals surface area contributed by atoms with Gasteiger partial charge in [-0.1, -0.05) is 12.2 Å². The van der Waals surface area contributed by atoms with Crippen molar-refractivity contribution in [3.05, 3.63) is 12.2 Å². The first-order chi connectivity index (χ1) is 6.47. The summed E-state index contributed by atoms with van der Waals surface area (Å²) in [6.07, 6.45) is 3.39. The molecule has 1 N–H and O–H groups in total. The first kappa shape index (κ1) is 12.9. The van der Waals surface area contributed by atoms with Crippen molar-refractivity contribution in [2.75, 3.05) is 13.1 Å². The number of carbonyl (C=O) groups is 1. The number of hydrogen-bond acceptors (Lipinski definition) is 4. The Morgan fingerprint density at radius 3 is 2.80 bits per heavy atom. The van der Waals surface area contributed by atoms with Gasteiger partial charge >= 0.3 is 47.4 Å². The summed E-state index contributed by atoms with van der Waals surface area (Å²) >= 11 is 0. The summed E-state index contributed by atoms with van der Waals surface area (Å²) in [5.74, 6) is 0.